The molecule has 0 unspecified atom stereocenters. The van der Waals surface area contributed by atoms with E-state index >= 15 is 0 Å². The van der Waals surface area contributed by atoms with Gasteiger partial charge in [0.25, 0.3) is 5.91 Å². The van der Waals surface area contributed by atoms with Crippen LogP contribution in [0.25, 0.3) is 0 Å². The Labute approximate surface area is 131 Å². The highest BCUT2D eigenvalue weighted by molar-refractivity contribution is 5.95. The summed E-state index contributed by atoms with van der Waals surface area (Å²) in [6.45, 7) is -0.0968. The summed E-state index contributed by atoms with van der Waals surface area (Å²) in [5, 5.41) is 14.0. The number of rotatable bonds is 6. The van der Waals surface area contributed by atoms with Crippen LogP contribution < -0.4 is 10.6 Å². The average molecular weight is 324 g/mol. The first-order valence-corrected chi connectivity index (χ1v) is 6.87. The van der Waals surface area contributed by atoms with Crippen LogP contribution in [0.4, 0.5) is 18.9 Å². The molecule has 0 aliphatic heterocycles. The molecule has 3 N–H and O–H groups in total. The van der Waals surface area contributed by atoms with E-state index in [1.54, 1.807) is 18.2 Å². The summed E-state index contributed by atoms with van der Waals surface area (Å²) in [4.78, 5) is 11.8. The van der Waals surface area contributed by atoms with E-state index in [1.807, 2.05) is 0 Å². The maximum atomic E-state index is 13.5. The summed E-state index contributed by atoms with van der Waals surface area (Å²) in [5.74, 6) is -3.58. The van der Waals surface area contributed by atoms with E-state index in [-0.39, 0.29) is 31.2 Å². The Kier molecular flexibility index (Phi) is 5.59. The molecule has 4 nitrogen and oxygen atoms in total. The van der Waals surface area contributed by atoms with Crippen LogP contribution in [-0.2, 0) is 6.54 Å². The highest BCUT2D eigenvalue weighted by atomic mass is 19.2. The van der Waals surface area contributed by atoms with Crippen LogP contribution in [0.15, 0.2) is 36.4 Å². The lowest BCUT2D eigenvalue weighted by atomic mass is 10.1. The first-order chi connectivity index (χ1) is 11.0. The van der Waals surface area contributed by atoms with E-state index < -0.39 is 17.5 Å². The summed E-state index contributed by atoms with van der Waals surface area (Å²) in [7, 11) is 0. The summed E-state index contributed by atoms with van der Waals surface area (Å²) < 4.78 is 39.5. The van der Waals surface area contributed by atoms with Crippen LogP contribution in [0, 0.1) is 17.5 Å². The van der Waals surface area contributed by atoms with Crippen molar-refractivity contribution in [3.8, 4) is 0 Å². The number of carbonyl (C=O) groups excluding carboxylic acids is 1. The Hall–Kier alpha value is -2.54. The number of halogens is 3. The van der Waals surface area contributed by atoms with Crippen molar-refractivity contribution in [2.24, 2.45) is 0 Å². The Bertz CT molecular complexity index is 708. The fraction of sp³-hybridized carbons (Fsp3) is 0.188. The predicted molar refractivity (Wildman–Crippen MR) is 79.5 cm³/mol. The molecule has 23 heavy (non-hydrogen) atoms. The molecule has 0 aromatic heterocycles. The number of benzene rings is 2. The maximum absolute atomic E-state index is 13.5. The minimum atomic E-state index is -1.24. The normalized spacial score (nSPS) is 10.4. The molecule has 0 radical (unpaired) electrons. The van der Waals surface area contributed by atoms with Gasteiger partial charge in [0.15, 0.2) is 11.6 Å². The molecule has 1 amide bonds. The number of hydrogen-bond donors (Lipinski definition) is 3. The number of amides is 1. The molecule has 0 spiro atoms. The Morgan fingerprint density at radius 1 is 1.04 bits per heavy atom. The topological polar surface area (TPSA) is 61.4 Å². The smallest absolute Gasteiger partial charge is 0.251 e. The van der Waals surface area contributed by atoms with E-state index in [9.17, 15) is 18.0 Å². The molecule has 0 aliphatic rings. The Morgan fingerprint density at radius 3 is 2.52 bits per heavy atom. The maximum Gasteiger partial charge on any atom is 0.251 e. The summed E-state index contributed by atoms with van der Waals surface area (Å²) in [6.07, 6.45) is 0. The third-order valence-electron chi connectivity index (χ3n) is 3.09. The van der Waals surface area contributed by atoms with Gasteiger partial charge >= 0.3 is 0 Å². The van der Waals surface area contributed by atoms with Crippen molar-refractivity contribution in [1.29, 1.82) is 0 Å². The van der Waals surface area contributed by atoms with Gasteiger partial charge < -0.3 is 15.7 Å². The predicted octanol–water partition coefficient (Wildman–Crippen LogP) is 2.44. The molecule has 0 bridgehead atoms. The minimum absolute atomic E-state index is 0.0287. The quantitative estimate of drug-likeness (QED) is 0.715. The highest BCUT2D eigenvalue weighted by Gasteiger charge is 2.10. The molecular weight excluding hydrogens is 309 g/mol. The van der Waals surface area contributed by atoms with Crippen LogP contribution in [0.1, 0.15) is 15.9 Å². The fourth-order valence-corrected chi connectivity index (χ4v) is 1.94. The number of nitrogens with one attached hydrogen (secondary N) is 2. The van der Waals surface area contributed by atoms with Gasteiger partial charge in [0.2, 0.25) is 0 Å². The van der Waals surface area contributed by atoms with Crippen molar-refractivity contribution >= 4 is 11.6 Å². The van der Waals surface area contributed by atoms with Crippen LogP contribution in [0.5, 0.6) is 0 Å². The number of aliphatic hydroxyl groups excluding tert-OH is 1. The van der Waals surface area contributed by atoms with Crippen molar-refractivity contribution in [3.05, 3.63) is 65.0 Å². The monoisotopic (exact) mass is 324 g/mol. The number of aliphatic hydroxyl groups is 1. The van der Waals surface area contributed by atoms with E-state index in [2.05, 4.69) is 10.6 Å². The van der Waals surface area contributed by atoms with Crippen molar-refractivity contribution in [2.45, 2.75) is 6.54 Å². The van der Waals surface area contributed by atoms with Crippen LogP contribution >= 0.6 is 0 Å². The van der Waals surface area contributed by atoms with Gasteiger partial charge in [0.1, 0.15) is 5.82 Å². The molecule has 7 heteroatoms. The van der Waals surface area contributed by atoms with Gasteiger partial charge in [-0.25, -0.2) is 13.2 Å². The van der Waals surface area contributed by atoms with E-state index in [1.165, 1.54) is 6.07 Å². The second kappa shape index (κ2) is 7.64. The molecule has 0 saturated carbocycles. The van der Waals surface area contributed by atoms with Crippen molar-refractivity contribution in [2.75, 3.05) is 18.5 Å². The third-order valence-corrected chi connectivity index (χ3v) is 3.09. The van der Waals surface area contributed by atoms with Gasteiger partial charge in [0, 0.05) is 36.0 Å². The first kappa shape index (κ1) is 16.8. The number of hydrogen-bond acceptors (Lipinski definition) is 3. The highest BCUT2D eigenvalue weighted by Crippen LogP contribution is 2.16. The van der Waals surface area contributed by atoms with Crippen LogP contribution in [0.2, 0.25) is 0 Å². The van der Waals surface area contributed by atoms with Gasteiger partial charge in [-0.1, -0.05) is 6.07 Å². The average Bonchev–Trinajstić information content (AvgIpc) is 2.55. The standard InChI is InChI=1S/C16H15F3N2O2/c17-13-8-15(19)14(18)7-11(13)9-21-12-3-1-2-10(6-12)16(23)20-4-5-22/h1-3,6-8,21-22H,4-5,9H2,(H,20,23). The van der Waals surface area contributed by atoms with Crippen LogP contribution in [-0.4, -0.2) is 24.2 Å². The molecule has 0 saturated heterocycles. The van der Waals surface area contributed by atoms with E-state index in [0.717, 1.165) is 6.07 Å². The lowest BCUT2D eigenvalue weighted by Gasteiger charge is -2.10. The molecule has 2 rings (SSSR count). The lowest BCUT2D eigenvalue weighted by Crippen LogP contribution is -2.26. The van der Waals surface area contributed by atoms with Gasteiger partial charge in [-0.3, -0.25) is 4.79 Å². The van der Waals surface area contributed by atoms with E-state index in [4.69, 9.17) is 5.11 Å². The second-order valence-corrected chi connectivity index (χ2v) is 4.77. The zero-order valence-electron chi connectivity index (χ0n) is 12.1. The molecule has 0 fully saturated rings. The van der Waals surface area contributed by atoms with Gasteiger partial charge in [-0.2, -0.15) is 0 Å². The summed E-state index contributed by atoms with van der Waals surface area (Å²) >= 11 is 0. The summed E-state index contributed by atoms with van der Waals surface area (Å²) in [5.41, 5.74) is 0.846. The van der Waals surface area contributed by atoms with Crippen molar-refractivity contribution in [1.82, 2.24) is 5.32 Å². The fourth-order valence-electron chi connectivity index (χ4n) is 1.94. The minimum Gasteiger partial charge on any atom is -0.395 e. The Balaban J connectivity index is 2.06. The largest absolute Gasteiger partial charge is 0.395 e. The SMILES string of the molecule is O=C(NCCO)c1cccc(NCc2cc(F)c(F)cc2F)c1. The molecule has 2 aromatic rings. The van der Waals surface area contributed by atoms with Gasteiger partial charge in [-0.05, 0) is 24.3 Å². The lowest BCUT2D eigenvalue weighted by molar-refractivity contribution is 0.0945. The van der Waals surface area contributed by atoms with Gasteiger partial charge in [-0.15, -0.1) is 0 Å². The van der Waals surface area contributed by atoms with E-state index in [0.29, 0.717) is 17.3 Å². The molecule has 122 valence electrons. The molecule has 2 aromatic carbocycles. The number of anilines is 1. The molecular formula is C16H15F3N2O2. The van der Waals surface area contributed by atoms with Crippen molar-refractivity contribution < 1.29 is 23.1 Å². The summed E-state index contributed by atoms with van der Waals surface area (Å²) in [6, 6.07) is 7.67. The Morgan fingerprint density at radius 2 is 1.78 bits per heavy atom. The third kappa shape index (κ3) is 4.46. The molecule has 0 heterocycles. The zero-order valence-corrected chi connectivity index (χ0v) is 12.1. The van der Waals surface area contributed by atoms with Crippen LogP contribution in [0.3, 0.4) is 0 Å². The molecule has 0 aliphatic carbocycles. The van der Waals surface area contributed by atoms with Crippen molar-refractivity contribution in [3.63, 3.8) is 0 Å². The molecule has 0 atom stereocenters. The second-order valence-electron chi connectivity index (χ2n) is 4.77. The first-order valence-electron chi connectivity index (χ1n) is 6.87. The number of carbonyl (C=O) groups is 1. The zero-order chi connectivity index (χ0) is 16.8. The van der Waals surface area contributed by atoms with Gasteiger partial charge in [0.05, 0.1) is 6.61 Å².